The van der Waals surface area contributed by atoms with Crippen molar-refractivity contribution in [3.8, 4) is 0 Å². The van der Waals surface area contributed by atoms with Gasteiger partial charge in [0, 0.05) is 6.42 Å². The zero-order chi connectivity index (χ0) is 17.6. The van der Waals surface area contributed by atoms with Crippen LogP contribution in [0.3, 0.4) is 0 Å². The maximum atomic E-state index is 10.2. The Labute approximate surface area is 143 Å². The second kappa shape index (κ2) is 23.6. The number of carboxylic acids is 1. The molecule has 23 heavy (non-hydrogen) atoms. The van der Waals surface area contributed by atoms with E-state index in [0.717, 1.165) is 51.7 Å². The van der Waals surface area contributed by atoms with Crippen molar-refractivity contribution in [2.75, 3.05) is 19.6 Å². The van der Waals surface area contributed by atoms with E-state index in [1.807, 2.05) is 0 Å². The molecule has 7 N–H and O–H groups in total. The quantitative estimate of drug-likeness (QED) is 0.324. The third-order valence-electron chi connectivity index (χ3n) is 3.75. The Morgan fingerprint density at radius 3 is 1.04 bits per heavy atom. The van der Waals surface area contributed by atoms with Crippen LogP contribution in [0.15, 0.2) is 0 Å². The summed E-state index contributed by atoms with van der Waals surface area (Å²) in [6.07, 6.45) is 15.8. The van der Waals surface area contributed by atoms with Crippen LogP contribution in [-0.4, -0.2) is 30.7 Å². The molecule has 0 fully saturated rings. The van der Waals surface area contributed by atoms with Crippen LogP contribution >= 0.6 is 0 Å². The van der Waals surface area contributed by atoms with E-state index in [1.165, 1.54) is 51.4 Å². The van der Waals surface area contributed by atoms with Gasteiger partial charge in [0.05, 0.1) is 0 Å². The number of carboxylic acid groups (broad SMARTS) is 1. The first-order valence-electron chi connectivity index (χ1n) is 9.51. The number of aliphatic carboxylic acids is 1. The van der Waals surface area contributed by atoms with Crippen LogP contribution in [0.5, 0.6) is 0 Å². The lowest BCUT2D eigenvalue weighted by Crippen LogP contribution is -2.00. The van der Waals surface area contributed by atoms with E-state index in [0.29, 0.717) is 6.42 Å². The van der Waals surface area contributed by atoms with E-state index < -0.39 is 5.97 Å². The number of rotatable bonds is 16. The Morgan fingerprint density at radius 2 is 0.783 bits per heavy atom. The minimum atomic E-state index is -0.670. The molecule has 0 amide bonds. The minimum Gasteiger partial charge on any atom is -0.481 e. The van der Waals surface area contributed by atoms with Crippen LogP contribution in [0.25, 0.3) is 0 Å². The summed E-state index contributed by atoms with van der Waals surface area (Å²) in [4.78, 5) is 10.2. The largest absolute Gasteiger partial charge is 0.481 e. The van der Waals surface area contributed by atoms with Gasteiger partial charge in [-0.05, 0) is 45.3 Å². The highest BCUT2D eigenvalue weighted by Gasteiger charge is 1.96. The third-order valence-corrected chi connectivity index (χ3v) is 3.75. The normalized spacial score (nSPS) is 10.2. The molecule has 0 spiro atoms. The summed E-state index contributed by atoms with van der Waals surface area (Å²) < 4.78 is 0. The summed E-state index contributed by atoms with van der Waals surface area (Å²) in [5.74, 6) is -0.670. The average molecular weight is 332 g/mol. The predicted octanol–water partition coefficient (Wildman–Crippen LogP) is 3.39. The molecular weight excluding hydrogens is 290 g/mol. The topological polar surface area (TPSA) is 115 Å². The fourth-order valence-electron chi connectivity index (χ4n) is 2.30. The van der Waals surface area contributed by atoms with Crippen molar-refractivity contribution in [2.24, 2.45) is 17.2 Å². The van der Waals surface area contributed by atoms with Gasteiger partial charge in [0.1, 0.15) is 0 Å². The van der Waals surface area contributed by atoms with E-state index in [-0.39, 0.29) is 0 Å². The van der Waals surface area contributed by atoms with Crippen LogP contribution < -0.4 is 17.2 Å². The lowest BCUT2D eigenvalue weighted by atomic mass is 10.1. The molecule has 0 aliphatic heterocycles. The molecule has 0 bridgehead atoms. The number of hydrogen-bond donors (Lipinski definition) is 4. The first-order chi connectivity index (χ1) is 11.2. The highest BCUT2D eigenvalue weighted by Crippen LogP contribution is 2.10. The van der Waals surface area contributed by atoms with Crippen molar-refractivity contribution in [2.45, 2.75) is 89.9 Å². The van der Waals surface area contributed by atoms with Crippen LogP contribution in [0.2, 0.25) is 0 Å². The van der Waals surface area contributed by atoms with Crippen molar-refractivity contribution in [1.82, 2.24) is 0 Å². The van der Waals surface area contributed by atoms with Crippen molar-refractivity contribution in [3.63, 3.8) is 0 Å². The van der Waals surface area contributed by atoms with E-state index in [4.69, 9.17) is 22.3 Å². The van der Waals surface area contributed by atoms with Crippen molar-refractivity contribution < 1.29 is 9.90 Å². The number of carbonyl (C=O) groups is 1. The van der Waals surface area contributed by atoms with E-state index in [9.17, 15) is 4.79 Å². The molecule has 0 aliphatic carbocycles. The molecule has 0 saturated heterocycles. The summed E-state index contributed by atoms with van der Waals surface area (Å²) in [6.45, 7) is 2.46. The number of unbranched alkanes of at least 4 members (excludes halogenated alkanes) is 11. The molecule has 0 heterocycles. The molecule has 5 nitrogen and oxygen atoms in total. The van der Waals surface area contributed by atoms with Crippen molar-refractivity contribution in [3.05, 3.63) is 0 Å². The number of nitrogens with two attached hydrogens (primary N) is 3. The molecule has 0 aromatic heterocycles. The zero-order valence-electron chi connectivity index (χ0n) is 15.1. The highest BCUT2D eigenvalue weighted by molar-refractivity contribution is 5.66. The van der Waals surface area contributed by atoms with Gasteiger partial charge < -0.3 is 22.3 Å². The molecule has 0 atom stereocenters. The lowest BCUT2D eigenvalue weighted by Gasteiger charge is -2.01. The van der Waals surface area contributed by atoms with Crippen LogP contribution in [0.1, 0.15) is 89.9 Å². The average Bonchev–Trinajstić information content (AvgIpc) is 2.54. The van der Waals surface area contributed by atoms with Gasteiger partial charge in [0.2, 0.25) is 0 Å². The molecular formula is C18H41N3O2. The fourth-order valence-corrected chi connectivity index (χ4v) is 2.30. The Bertz CT molecular complexity index is 220. The lowest BCUT2D eigenvalue weighted by molar-refractivity contribution is -0.137. The molecule has 0 unspecified atom stereocenters. The number of hydrogen-bond acceptors (Lipinski definition) is 4. The van der Waals surface area contributed by atoms with Crippen molar-refractivity contribution >= 4 is 5.97 Å². The van der Waals surface area contributed by atoms with Crippen LogP contribution in [-0.2, 0) is 4.79 Å². The molecule has 0 saturated carbocycles. The fraction of sp³-hybridized carbons (Fsp3) is 0.944. The standard InChI is InChI=1S/C12H25NO2.C6H16N2/c13-11-9-7-5-3-1-2-4-6-8-10-12(14)15;7-5-3-1-2-4-6-8/h1-11,13H2,(H,14,15);1-8H2. The minimum absolute atomic E-state index is 0.330. The van der Waals surface area contributed by atoms with E-state index in [1.54, 1.807) is 0 Å². The predicted molar refractivity (Wildman–Crippen MR) is 99.4 cm³/mol. The molecule has 0 aromatic rings. The summed E-state index contributed by atoms with van der Waals surface area (Å²) in [5, 5.41) is 8.43. The molecule has 0 aliphatic rings. The smallest absolute Gasteiger partial charge is 0.303 e. The van der Waals surface area contributed by atoms with Gasteiger partial charge in [-0.15, -0.1) is 0 Å². The summed E-state index contributed by atoms with van der Waals surface area (Å²) in [7, 11) is 0. The molecule has 140 valence electrons. The Balaban J connectivity index is 0. The second-order valence-corrected chi connectivity index (χ2v) is 6.11. The summed E-state index contributed by atoms with van der Waals surface area (Å²) >= 11 is 0. The molecule has 0 rings (SSSR count). The van der Waals surface area contributed by atoms with Gasteiger partial charge in [0.15, 0.2) is 0 Å². The summed E-state index contributed by atoms with van der Waals surface area (Å²) in [5.41, 5.74) is 16.0. The van der Waals surface area contributed by atoms with E-state index >= 15 is 0 Å². The van der Waals surface area contributed by atoms with Crippen molar-refractivity contribution in [1.29, 1.82) is 0 Å². The highest BCUT2D eigenvalue weighted by atomic mass is 16.4. The molecule has 0 aromatic carbocycles. The van der Waals surface area contributed by atoms with E-state index in [2.05, 4.69) is 0 Å². The second-order valence-electron chi connectivity index (χ2n) is 6.11. The maximum Gasteiger partial charge on any atom is 0.303 e. The Kier molecular flexibility index (Phi) is 25.3. The van der Waals surface area contributed by atoms with Crippen LogP contribution in [0, 0.1) is 0 Å². The zero-order valence-corrected chi connectivity index (χ0v) is 15.1. The first-order valence-corrected chi connectivity index (χ1v) is 9.51. The molecule has 5 heteroatoms. The first kappa shape index (κ1) is 24.6. The van der Waals surface area contributed by atoms with Gasteiger partial charge in [-0.25, -0.2) is 0 Å². The monoisotopic (exact) mass is 331 g/mol. The SMILES string of the molecule is NCCCCCCCCCCCC(=O)O.NCCCCCCN. The van der Waals surface area contributed by atoms with Crippen LogP contribution in [0.4, 0.5) is 0 Å². The van der Waals surface area contributed by atoms with Gasteiger partial charge in [-0.1, -0.05) is 57.8 Å². The summed E-state index contributed by atoms with van der Waals surface area (Å²) in [6, 6.07) is 0. The van der Waals surface area contributed by atoms with Gasteiger partial charge in [0.25, 0.3) is 0 Å². The van der Waals surface area contributed by atoms with Gasteiger partial charge >= 0.3 is 5.97 Å². The Morgan fingerprint density at radius 1 is 0.522 bits per heavy atom. The maximum absolute atomic E-state index is 10.2. The van der Waals surface area contributed by atoms with Gasteiger partial charge in [-0.2, -0.15) is 0 Å². The third kappa shape index (κ3) is 29.9. The van der Waals surface area contributed by atoms with Gasteiger partial charge in [-0.3, -0.25) is 4.79 Å². The molecule has 0 radical (unpaired) electrons. The Hall–Kier alpha value is -0.650.